The highest BCUT2D eigenvalue weighted by molar-refractivity contribution is 6.13. The molecule has 1 heteroatoms. The maximum atomic E-state index is 2.46. The van der Waals surface area contributed by atoms with E-state index in [9.17, 15) is 0 Å². The number of aromatic nitrogens is 1. The second kappa shape index (κ2) is 5.84. The smallest absolute Gasteiger partial charge is 0.0582 e. The van der Waals surface area contributed by atoms with Crippen molar-refractivity contribution in [2.24, 2.45) is 0 Å². The molecule has 0 atom stereocenters. The summed E-state index contributed by atoms with van der Waals surface area (Å²) < 4.78 is 2.46. The Morgan fingerprint density at radius 1 is 0.500 bits per heavy atom. The fourth-order valence-electron chi connectivity index (χ4n) is 5.36. The summed E-state index contributed by atoms with van der Waals surface area (Å²) in [5.41, 5.74) is 9.50. The molecular weight excluding hydrogens is 362 g/mol. The van der Waals surface area contributed by atoms with Gasteiger partial charge in [-0.25, -0.2) is 0 Å². The summed E-state index contributed by atoms with van der Waals surface area (Å²) in [6.07, 6.45) is 0.979. The molecular formula is C29H19N. The number of para-hydroxylation sites is 2. The molecule has 1 heterocycles. The Labute approximate surface area is 174 Å². The Morgan fingerprint density at radius 2 is 1.20 bits per heavy atom. The van der Waals surface area contributed by atoms with Crippen molar-refractivity contribution in [1.82, 2.24) is 4.57 Å². The molecule has 0 radical (unpaired) electrons. The van der Waals surface area contributed by atoms with Crippen LogP contribution in [0, 0.1) is 0 Å². The van der Waals surface area contributed by atoms with Crippen LogP contribution in [0.5, 0.6) is 0 Å². The van der Waals surface area contributed by atoms with Crippen LogP contribution in [0.2, 0.25) is 0 Å². The van der Waals surface area contributed by atoms with Gasteiger partial charge < -0.3 is 4.57 Å². The van der Waals surface area contributed by atoms with Crippen molar-refractivity contribution in [2.75, 3.05) is 0 Å². The average Bonchev–Trinajstić information content (AvgIpc) is 3.36. The Balaban J connectivity index is 1.63. The molecule has 140 valence electrons. The Morgan fingerprint density at radius 3 is 2.10 bits per heavy atom. The van der Waals surface area contributed by atoms with Crippen LogP contribution in [0.25, 0.3) is 49.4 Å². The van der Waals surface area contributed by atoms with Crippen LogP contribution in [0.3, 0.4) is 0 Å². The molecule has 6 aromatic rings. The van der Waals surface area contributed by atoms with E-state index in [2.05, 4.69) is 108 Å². The molecule has 0 saturated heterocycles. The highest BCUT2D eigenvalue weighted by Gasteiger charge is 2.25. The first-order valence-electron chi connectivity index (χ1n) is 10.5. The molecule has 0 amide bonds. The quantitative estimate of drug-likeness (QED) is 0.277. The lowest BCUT2D eigenvalue weighted by molar-refractivity contribution is 1.15. The van der Waals surface area contributed by atoms with Gasteiger partial charge in [0.1, 0.15) is 0 Å². The Bertz CT molecular complexity index is 1600. The molecule has 1 nitrogen and oxygen atoms in total. The minimum atomic E-state index is 0.979. The van der Waals surface area contributed by atoms with Crippen LogP contribution in [0.1, 0.15) is 11.1 Å². The monoisotopic (exact) mass is 381 g/mol. The van der Waals surface area contributed by atoms with E-state index < -0.39 is 0 Å². The SMILES string of the molecule is c1ccc(-n2c3ccccc3c3ccc4c(c32)Cc2c-4ccc3ccccc23)cc1. The second-order valence-corrected chi connectivity index (χ2v) is 8.17. The van der Waals surface area contributed by atoms with E-state index in [-0.39, 0.29) is 0 Å². The van der Waals surface area contributed by atoms with E-state index in [0.29, 0.717) is 0 Å². The summed E-state index contributed by atoms with van der Waals surface area (Å²) in [6, 6.07) is 37.5. The predicted molar refractivity (Wildman–Crippen MR) is 127 cm³/mol. The highest BCUT2D eigenvalue weighted by atomic mass is 15.0. The van der Waals surface area contributed by atoms with Gasteiger partial charge in [-0.1, -0.05) is 84.9 Å². The van der Waals surface area contributed by atoms with E-state index in [1.807, 2.05) is 0 Å². The molecule has 30 heavy (non-hydrogen) atoms. The second-order valence-electron chi connectivity index (χ2n) is 8.17. The van der Waals surface area contributed by atoms with Gasteiger partial charge in [0.2, 0.25) is 0 Å². The van der Waals surface area contributed by atoms with Gasteiger partial charge in [0.15, 0.2) is 0 Å². The average molecular weight is 381 g/mol. The summed E-state index contributed by atoms with van der Waals surface area (Å²) in [5.74, 6) is 0. The molecule has 0 spiro atoms. The van der Waals surface area contributed by atoms with E-state index >= 15 is 0 Å². The minimum absolute atomic E-state index is 0.979. The third-order valence-corrected chi connectivity index (χ3v) is 6.64. The molecule has 5 aromatic carbocycles. The van der Waals surface area contributed by atoms with Crippen molar-refractivity contribution in [3.63, 3.8) is 0 Å². The Hall–Kier alpha value is -3.84. The zero-order chi connectivity index (χ0) is 19.7. The highest BCUT2D eigenvalue weighted by Crippen LogP contribution is 2.46. The topological polar surface area (TPSA) is 4.93 Å². The fourth-order valence-corrected chi connectivity index (χ4v) is 5.36. The van der Waals surface area contributed by atoms with E-state index in [1.54, 1.807) is 0 Å². The first-order valence-corrected chi connectivity index (χ1v) is 10.5. The lowest BCUT2D eigenvalue weighted by Crippen LogP contribution is -1.96. The van der Waals surface area contributed by atoms with Crippen molar-refractivity contribution in [3.8, 4) is 16.8 Å². The van der Waals surface area contributed by atoms with Gasteiger partial charge in [0.25, 0.3) is 0 Å². The van der Waals surface area contributed by atoms with Gasteiger partial charge in [0.05, 0.1) is 11.0 Å². The fraction of sp³-hybridized carbons (Fsp3) is 0.0345. The predicted octanol–water partition coefficient (Wildman–Crippen LogP) is 7.51. The number of rotatable bonds is 1. The van der Waals surface area contributed by atoms with Crippen LogP contribution in [0.15, 0.2) is 103 Å². The molecule has 0 aliphatic heterocycles. The van der Waals surface area contributed by atoms with E-state index in [0.717, 1.165) is 6.42 Å². The van der Waals surface area contributed by atoms with Crippen molar-refractivity contribution < 1.29 is 0 Å². The number of nitrogens with zero attached hydrogens (tertiary/aromatic N) is 1. The summed E-state index contributed by atoms with van der Waals surface area (Å²) in [4.78, 5) is 0. The van der Waals surface area contributed by atoms with Gasteiger partial charge in [-0.15, -0.1) is 0 Å². The number of hydrogen-bond donors (Lipinski definition) is 0. The van der Waals surface area contributed by atoms with Crippen LogP contribution >= 0.6 is 0 Å². The number of benzene rings is 5. The molecule has 1 aliphatic rings. The van der Waals surface area contributed by atoms with E-state index in [1.165, 1.54) is 60.5 Å². The first-order chi connectivity index (χ1) is 14.9. The zero-order valence-corrected chi connectivity index (χ0v) is 16.5. The Kier molecular flexibility index (Phi) is 3.12. The lowest BCUT2D eigenvalue weighted by atomic mass is 9.99. The summed E-state index contributed by atoms with van der Waals surface area (Å²) in [7, 11) is 0. The van der Waals surface area contributed by atoms with Crippen LogP contribution < -0.4 is 0 Å². The first kappa shape index (κ1) is 16.0. The zero-order valence-electron chi connectivity index (χ0n) is 16.5. The van der Waals surface area contributed by atoms with Crippen molar-refractivity contribution in [1.29, 1.82) is 0 Å². The molecule has 0 bridgehead atoms. The summed E-state index contributed by atoms with van der Waals surface area (Å²) in [5, 5.41) is 5.36. The molecule has 0 N–H and O–H groups in total. The van der Waals surface area contributed by atoms with Crippen molar-refractivity contribution >= 4 is 32.6 Å². The van der Waals surface area contributed by atoms with Gasteiger partial charge in [0, 0.05) is 22.9 Å². The largest absolute Gasteiger partial charge is 0.309 e. The molecule has 7 rings (SSSR count). The standard InChI is InChI=1S/C29H19N/c1-2-9-20(10-3-1)30-28-13-7-6-12-24(28)25-17-16-23-22-15-14-19-8-4-5-11-21(19)26(22)18-27(23)29(25)30/h1-17H,18H2. The lowest BCUT2D eigenvalue weighted by Gasteiger charge is -2.10. The van der Waals surface area contributed by atoms with Gasteiger partial charge in [-0.05, 0) is 51.2 Å². The summed E-state index contributed by atoms with van der Waals surface area (Å²) in [6.45, 7) is 0. The number of hydrogen-bond acceptors (Lipinski definition) is 0. The normalized spacial score (nSPS) is 12.5. The molecule has 0 unspecified atom stereocenters. The van der Waals surface area contributed by atoms with E-state index in [4.69, 9.17) is 0 Å². The third-order valence-electron chi connectivity index (χ3n) is 6.64. The van der Waals surface area contributed by atoms with Gasteiger partial charge >= 0.3 is 0 Å². The third kappa shape index (κ3) is 2.02. The van der Waals surface area contributed by atoms with Gasteiger partial charge in [-0.3, -0.25) is 0 Å². The molecule has 1 aliphatic carbocycles. The molecule has 0 fully saturated rings. The van der Waals surface area contributed by atoms with Crippen LogP contribution in [-0.2, 0) is 6.42 Å². The number of fused-ring (bicyclic) bond motifs is 9. The molecule has 1 aromatic heterocycles. The van der Waals surface area contributed by atoms with Crippen LogP contribution in [-0.4, -0.2) is 4.57 Å². The molecule has 0 saturated carbocycles. The van der Waals surface area contributed by atoms with Crippen molar-refractivity contribution in [2.45, 2.75) is 6.42 Å². The van der Waals surface area contributed by atoms with Gasteiger partial charge in [-0.2, -0.15) is 0 Å². The minimum Gasteiger partial charge on any atom is -0.309 e. The van der Waals surface area contributed by atoms with Crippen LogP contribution in [0.4, 0.5) is 0 Å². The maximum absolute atomic E-state index is 2.46. The van der Waals surface area contributed by atoms with Crippen molar-refractivity contribution in [3.05, 3.63) is 114 Å². The summed E-state index contributed by atoms with van der Waals surface area (Å²) >= 11 is 0. The maximum Gasteiger partial charge on any atom is 0.0582 e.